The van der Waals surface area contributed by atoms with E-state index in [1.54, 1.807) is 6.07 Å². The van der Waals surface area contributed by atoms with Crippen molar-refractivity contribution in [2.75, 3.05) is 17.7 Å². The Morgan fingerprint density at radius 3 is 2.32 bits per heavy atom. The van der Waals surface area contributed by atoms with Crippen LogP contribution in [0.5, 0.6) is 5.75 Å². The smallest absolute Gasteiger partial charge is 0.255 e. The van der Waals surface area contributed by atoms with E-state index in [0.29, 0.717) is 5.69 Å². The Morgan fingerprint density at radius 1 is 0.880 bits per heavy atom. The average molecular weight is 336 g/mol. The van der Waals surface area contributed by atoms with E-state index in [9.17, 15) is 9.18 Å². The summed E-state index contributed by atoms with van der Waals surface area (Å²) in [5.74, 6) is -0.862. The van der Waals surface area contributed by atoms with Crippen molar-refractivity contribution in [2.45, 2.75) is 0 Å². The van der Waals surface area contributed by atoms with Crippen LogP contribution in [0.1, 0.15) is 10.4 Å². The first-order chi connectivity index (χ1) is 12.2. The maximum Gasteiger partial charge on any atom is 0.255 e. The summed E-state index contributed by atoms with van der Waals surface area (Å²) in [6.45, 7) is 0. The van der Waals surface area contributed by atoms with E-state index in [4.69, 9.17) is 4.74 Å². The van der Waals surface area contributed by atoms with Crippen LogP contribution in [-0.4, -0.2) is 13.0 Å². The van der Waals surface area contributed by atoms with Gasteiger partial charge in [0.25, 0.3) is 5.91 Å². The number of amides is 1. The number of carbonyl (C=O) groups excluding carboxylic acids is 1. The molecule has 3 aromatic carbocycles. The van der Waals surface area contributed by atoms with Gasteiger partial charge in [-0.05, 0) is 48.5 Å². The van der Waals surface area contributed by atoms with Crippen molar-refractivity contribution >= 4 is 23.0 Å². The molecule has 3 rings (SSSR count). The van der Waals surface area contributed by atoms with Crippen LogP contribution in [0.3, 0.4) is 0 Å². The number of hydrogen-bond donors (Lipinski definition) is 2. The first kappa shape index (κ1) is 16.5. The Hall–Kier alpha value is -3.34. The summed E-state index contributed by atoms with van der Waals surface area (Å²) in [5.41, 5.74) is 2.62. The lowest BCUT2D eigenvalue weighted by atomic mass is 10.2. The van der Waals surface area contributed by atoms with Gasteiger partial charge >= 0.3 is 0 Å². The lowest BCUT2D eigenvalue weighted by molar-refractivity contribution is 0.102. The van der Waals surface area contributed by atoms with Gasteiger partial charge in [-0.25, -0.2) is 4.39 Å². The standard InChI is InChI=1S/C20H17FN2O2/c1-25-19-11-10-14(12-18(19)21)20(24)23-17-9-5-8-16(13-17)22-15-6-3-2-4-7-15/h2-13,22H,1H3,(H,23,24). The zero-order chi connectivity index (χ0) is 17.6. The zero-order valence-electron chi connectivity index (χ0n) is 13.6. The van der Waals surface area contributed by atoms with Crippen molar-refractivity contribution in [3.63, 3.8) is 0 Å². The van der Waals surface area contributed by atoms with Crippen molar-refractivity contribution < 1.29 is 13.9 Å². The number of rotatable bonds is 5. The molecule has 0 unspecified atom stereocenters. The zero-order valence-corrected chi connectivity index (χ0v) is 13.6. The molecule has 5 heteroatoms. The summed E-state index contributed by atoms with van der Waals surface area (Å²) in [6, 6.07) is 21.1. The van der Waals surface area contributed by atoms with Gasteiger partial charge < -0.3 is 15.4 Å². The predicted molar refractivity (Wildman–Crippen MR) is 97.1 cm³/mol. The fourth-order valence-electron chi connectivity index (χ4n) is 2.37. The molecule has 2 N–H and O–H groups in total. The van der Waals surface area contributed by atoms with Gasteiger partial charge in [-0.2, -0.15) is 0 Å². The minimum atomic E-state index is -0.574. The lowest BCUT2D eigenvalue weighted by Crippen LogP contribution is -2.12. The van der Waals surface area contributed by atoms with Gasteiger partial charge in [-0.15, -0.1) is 0 Å². The minimum Gasteiger partial charge on any atom is -0.494 e. The first-order valence-corrected chi connectivity index (χ1v) is 7.73. The van der Waals surface area contributed by atoms with Gasteiger partial charge in [0.15, 0.2) is 11.6 Å². The summed E-state index contributed by atoms with van der Waals surface area (Å²) < 4.78 is 18.6. The molecule has 0 spiro atoms. The molecule has 0 atom stereocenters. The first-order valence-electron chi connectivity index (χ1n) is 7.73. The van der Waals surface area contributed by atoms with E-state index in [-0.39, 0.29) is 11.3 Å². The molecule has 0 saturated carbocycles. The summed E-state index contributed by atoms with van der Waals surface area (Å²) in [4.78, 5) is 12.3. The topological polar surface area (TPSA) is 50.4 Å². The van der Waals surface area contributed by atoms with Crippen molar-refractivity contribution in [2.24, 2.45) is 0 Å². The number of para-hydroxylation sites is 1. The third-order valence-electron chi connectivity index (χ3n) is 3.60. The summed E-state index contributed by atoms with van der Waals surface area (Å²) in [6.07, 6.45) is 0. The number of benzene rings is 3. The molecule has 0 saturated heterocycles. The Kier molecular flexibility index (Phi) is 4.95. The van der Waals surface area contributed by atoms with Crippen LogP contribution in [0.2, 0.25) is 0 Å². The van der Waals surface area contributed by atoms with Gasteiger partial charge in [0.2, 0.25) is 0 Å². The Bertz CT molecular complexity index is 882. The second kappa shape index (κ2) is 7.49. The minimum absolute atomic E-state index is 0.102. The summed E-state index contributed by atoms with van der Waals surface area (Å²) in [5, 5.41) is 6.02. The van der Waals surface area contributed by atoms with Gasteiger partial charge in [-0.3, -0.25) is 4.79 Å². The largest absolute Gasteiger partial charge is 0.494 e. The van der Waals surface area contributed by atoms with Gasteiger partial charge in [-0.1, -0.05) is 24.3 Å². The number of ether oxygens (including phenoxy) is 1. The van der Waals surface area contributed by atoms with E-state index >= 15 is 0 Å². The lowest BCUT2D eigenvalue weighted by Gasteiger charge is -2.10. The molecule has 0 aromatic heterocycles. The highest BCUT2D eigenvalue weighted by atomic mass is 19.1. The number of methoxy groups -OCH3 is 1. The van der Waals surface area contributed by atoms with Crippen LogP contribution in [-0.2, 0) is 0 Å². The van der Waals surface area contributed by atoms with Crippen molar-refractivity contribution in [1.29, 1.82) is 0 Å². The number of nitrogens with one attached hydrogen (secondary N) is 2. The third-order valence-corrected chi connectivity index (χ3v) is 3.60. The van der Waals surface area contributed by atoms with Crippen LogP contribution in [0.15, 0.2) is 72.8 Å². The predicted octanol–water partition coefficient (Wildman–Crippen LogP) is 4.83. The van der Waals surface area contributed by atoms with E-state index < -0.39 is 11.7 Å². The molecular weight excluding hydrogens is 319 g/mol. The molecule has 0 aliphatic carbocycles. The van der Waals surface area contributed by atoms with E-state index in [2.05, 4.69) is 10.6 Å². The molecule has 4 nitrogen and oxygen atoms in total. The summed E-state index contributed by atoms with van der Waals surface area (Å²) >= 11 is 0. The van der Waals surface area contributed by atoms with Gasteiger partial charge in [0.05, 0.1) is 7.11 Å². The molecule has 0 fully saturated rings. The van der Waals surface area contributed by atoms with Gasteiger partial charge in [0.1, 0.15) is 0 Å². The van der Waals surface area contributed by atoms with Crippen LogP contribution in [0, 0.1) is 5.82 Å². The third kappa shape index (κ3) is 4.14. The molecule has 0 heterocycles. The van der Waals surface area contributed by atoms with Crippen LogP contribution in [0.4, 0.5) is 21.5 Å². The van der Waals surface area contributed by atoms with Crippen LogP contribution < -0.4 is 15.4 Å². The van der Waals surface area contributed by atoms with E-state index in [1.807, 2.05) is 48.5 Å². The quantitative estimate of drug-likeness (QED) is 0.701. The van der Waals surface area contributed by atoms with E-state index in [1.165, 1.54) is 19.2 Å². The van der Waals surface area contributed by atoms with Crippen molar-refractivity contribution in [3.8, 4) is 5.75 Å². The normalized spacial score (nSPS) is 10.2. The molecule has 126 valence electrons. The number of carbonyl (C=O) groups is 1. The van der Waals surface area contributed by atoms with Gasteiger partial charge in [0, 0.05) is 22.6 Å². The second-order valence-electron chi connectivity index (χ2n) is 5.38. The number of halogens is 1. The van der Waals surface area contributed by atoms with Crippen molar-refractivity contribution in [1.82, 2.24) is 0 Å². The Morgan fingerprint density at radius 2 is 1.60 bits per heavy atom. The monoisotopic (exact) mass is 336 g/mol. The second-order valence-corrected chi connectivity index (χ2v) is 5.38. The van der Waals surface area contributed by atoms with Crippen molar-refractivity contribution in [3.05, 3.63) is 84.2 Å². The maximum absolute atomic E-state index is 13.7. The Labute approximate surface area is 145 Å². The molecule has 1 amide bonds. The molecular formula is C20H17FN2O2. The fourth-order valence-corrected chi connectivity index (χ4v) is 2.37. The SMILES string of the molecule is COc1ccc(C(=O)Nc2cccc(Nc3ccccc3)c2)cc1F. The number of anilines is 3. The molecule has 0 aliphatic heterocycles. The number of hydrogen-bond acceptors (Lipinski definition) is 3. The van der Waals surface area contributed by atoms with Crippen LogP contribution >= 0.6 is 0 Å². The highest BCUT2D eigenvalue weighted by molar-refractivity contribution is 6.04. The molecule has 0 bridgehead atoms. The molecule has 25 heavy (non-hydrogen) atoms. The average Bonchev–Trinajstić information content (AvgIpc) is 2.63. The highest BCUT2D eigenvalue weighted by Crippen LogP contribution is 2.22. The molecule has 3 aromatic rings. The van der Waals surface area contributed by atoms with Crippen LogP contribution in [0.25, 0.3) is 0 Å². The highest BCUT2D eigenvalue weighted by Gasteiger charge is 2.10. The summed E-state index contributed by atoms with van der Waals surface area (Å²) in [7, 11) is 1.38. The molecule has 0 radical (unpaired) electrons. The fraction of sp³-hybridized carbons (Fsp3) is 0.0500. The maximum atomic E-state index is 13.7. The van der Waals surface area contributed by atoms with E-state index in [0.717, 1.165) is 17.4 Å². The Balaban J connectivity index is 1.73. The molecule has 0 aliphatic rings.